The molecular weight excluding hydrogens is 352 g/mol. The number of hydrogen-bond donors (Lipinski definition) is 3. The SMILES string of the molecule is CC[C@H](F)CNc1ncc(-c2cc(F)ccn2)c(N[C@H]2CC[C@H](O)CC2)n1. The molecule has 27 heavy (non-hydrogen) atoms. The van der Waals surface area contributed by atoms with Gasteiger partial charge < -0.3 is 15.7 Å². The summed E-state index contributed by atoms with van der Waals surface area (Å²) >= 11 is 0. The molecule has 0 spiro atoms. The maximum atomic E-state index is 13.6. The van der Waals surface area contributed by atoms with Crippen LogP contribution in [0.15, 0.2) is 24.5 Å². The van der Waals surface area contributed by atoms with Crippen molar-refractivity contribution in [3.05, 3.63) is 30.3 Å². The van der Waals surface area contributed by atoms with E-state index < -0.39 is 12.0 Å². The molecule has 8 heteroatoms. The summed E-state index contributed by atoms with van der Waals surface area (Å²) in [6, 6.07) is 2.76. The Morgan fingerprint density at radius 2 is 2.04 bits per heavy atom. The number of rotatable bonds is 7. The predicted molar refractivity (Wildman–Crippen MR) is 101 cm³/mol. The first-order chi connectivity index (χ1) is 13.0. The third kappa shape index (κ3) is 5.32. The normalized spacial score (nSPS) is 20.9. The minimum Gasteiger partial charge on any atom is -0.393 e. The molecule has 2 aromatic heterocycles. The van der Waals surface area contributed by atoms with Gasteiger partial charge in [-0.25, -0.2) is 13.8 Å². The molecule has 1 atom stereocenters. The lowest BCUT2D eigenvalue weighted by Crippen LogP contribution is -2.29. The highest BCUT2D eigenvalue weighted by molar-refractivity contribution is 5.72. The second-order valence-corrected chi connectivity index (χ2v) is 6.85. The Kier molecular flexibility index (Phi) is 6.49. The lowest BCUT2D eigenvalue weighted by molar-refractivity contribution is 0.126. The van der Waals surface area contributed by atoms with Crippen molar-refractivity contribution in [2.75, 3.05) is 17.2 Å². The highest BCUT2D eigenvalue weighted by Crippen LogP contribution is 2.29. The Labute approximate surface area is 157 Å². The zero-order chi connectivity index (χ0) is 19.2. The van der Waals surface area contributed by atoms with Gasteiger partial charge in [0.1, 0.15) is 17.8 Å². The van der Waals surface area contributed by atoms with Crippen LogP contribution in [0.2, 0.25) is 0 Å². The van der Waals surface area contributed by atoms with E-state index in [0.29, 0.717) is 29.4 Å². The van der Waals surface area contributed by atoms with Crippen molar-refractivity contribution in [3.8, 4) is 11.3 Å². The van der Waals surface area contributed by atoms with Crippen LogP contribution in [0.4, 0.5) is 20.5 Å². The number of alkyl halides is 1. The van der Waals surface area contributed by atoms with Gasteiger partial charge in [0.05, 0.1) is 17.4 Å². The molecule has 0 saturated heterocycles. The number of aromatic nitrogens is 3. The van der Waals surface area contributed by atoms with E-state index >= 15 is 0 Å². The zero-order valence-electron chi connectivity index (χ0n) is 15.3. The van der Waals surface area contributed by atoms with E-state index in [1.807, 2.05) is 0 Å². The molecule has 3 rings (SSSR count). The average Bonchev–Trinajstić information content (AvgIpc) is 2.68. The molecule has 1 aliphatic rings. The van der Waals surface area contributed by atoms with Crippen molar-refractivity contribution in [2.45, 2.75) is 57.3 Å². The Hall–Kier alpha value is -2.35. The van der Waals surface area contributed by atoms with Crippen LogP contribution in [0, 0.1) is 5.82 Å². The van der Waals surface area contributed by atoms with E-state index in [2.05, 4.69) is 25.6 Å². The summed E-state index contributed by atoms with van der Waals surface area (Å²) < 4.78 is 27.1. The first kappa shape index (κ1) is 19.4. The Balaban J connectivity index is 1.85. The van der Waals surface area contributed by atoms with Crippen LogP contribution in [-0.4, -0.2) is 44.9 Å². The number of nitrogens with one attached hydrogen (secondary N) is 2. The van der Waals surface area contributed by atoms with Gasteiger partial charge in [-0.3, -0.25) is 4.98 Å². The van der Waals surface area contributed by atoms with Gasteiger partial charge in [0.15, 0.2) is 0 Å². The first-order valence-electron chi connectivity index (χ1n) is 9.36. The fourth-order valence-corrected chi connectivity index (χ4v) is 3.08. The smallest absolute Gasteiger partial charge is 0.224 e. The standard InChI is InChI=1S/C19H25F2N5O/c1-2-12(20)10-23-19-24-11-16(17-9-13(21)7-8-22-17)18(26-19)25-14-3-5-15(27)6-4-14/h7-9,11-12,14-15,27H,2-6,10H2,1H3,(H2,23,24,25,26)/t12-,14-,15-/m0/s1. The van der Waals surface area contributed by atoms with Gasteiger partial charge in [0, 0.05) is 31.0 Å². The third-order valence-corrected chi connectivity index (χ3v) is 4.75. The summed E-state index contributed by atoms with van der Waals surface area (Å²) in [5, 5.41) is 16.0. The molecule has 0 aliphatic heterocycles. The maximum Gasteiger partial charge on any atom is 0.224 e. The predicted octanol–water partition coefficient (Wildman–Crippen LogP) is 3.55. The molecule has 6 nitrogen and oxygen atoms in total. The van der Waals surface area contributed by atoms with Crippen molar-refractivity contribution in [3.63, 3.8) is 0 Å². The van der Waals surface area contributed by atoms with E-state index in [1.165, 1.54) is 18.3 Å². The van der Waals surface area contributed by atoms with Crippen LogP contribution in [-0.2, 0) is 0 Å². The summed E-state index contributed by atoms with van der Waals surface area (Å²) in [5.74, 6) is 0.445. The molecule has 3 N–H and O–H groups in total. The lowest BCUT2D eigenvalue weighted by atomic mass is 9.93. The van der Waals surface area contributed by atoms with E-state index in [0.717, 1.165) is 25.7 Å². The quantitative estimate of drug-likeness (QED) is 0.684. The van der Waals surface area contributed by atoms with Crippen molar-refractivity contribution in [1.29, 1.82) is 0 Å². The summed E-state index contributed by atoms with van der Waals surface area (Å²) in [6.07, 6.45) is 5.21. The molecule has 146 valence electrons. The fraction of sp³-hybridized carbons (Fsp3) is 0.526. The van der Waals surface area contributed by atoms with Crippen molar-refractivity contribution in [1.82, 2.24) is 15.0 Å². The Morgan fingerprint density at radius 1 is 1.26 bits per heavy atom. The van der Waals surface area contributed by atoms with Crippen molar-refractivity contribution in [2.24, 2.45) is 0 Å². The largest absolute Gasteiger partial charge is 0.393 e. The fourth-order valence-electron chi connectivity index (χ4n) is 3.08. The average molecular weight is 377 g/mol. The van der Waals surface area contributed by atoms with Crippen LogP contribution in [0.5, 0.6) is 0 Å². The molecule has 1 saturated carbocycles. The van der Waals surface area contributed by atoms with Gasteiger partial charge in [-0.05, 0) is 38.2 Å². The Bertz CT molecular complexity index is 753. The molecule has 0 amide bonds. The highest BCUT2D eigenvalue weighted by atomic mass is 19.1. The third-order valence-electron chi connectivity index (χ3n) is 4.75. The van der Waals surface area contributed by atoms with Gasteiger partial charge in [0.25, 0.3) is 0 Å². The molecule has 0 radical (unpaired) electrons. The molecule has 1 aliphatic carbocycles. The van der Waals surface area contributed by atoms with Crippen molar-refractivity contribution < 1.29 is 13.9 Å². The molecule has 2 heterocycles. The second kappa shape index (κ2) is 9.03. The summed E-state index contributed by atoms with van der Waals surface area (Å²) in [7, 11) is 0. The number of pyridine rings is 1. The number of anilines is 2. The van der Waals surface area contributed by atoms with Gasteiger partial charge in [-0.1, -0.05) is 6.92 Å². The summed E-state index contributed by atoms with van der Waals surface area (Å²) in [5.41, 5.74) is 1.01. The number of aliphatic hydroxyl groups is 1. The monoisotopic (exact) mass is 377 g/mol. The van der Waals surface area contributed by atoms with Gasteiger partial charge in [-0.15, -0.1) is 0 Å². The number of halogens is 2. The van der Waals surface area contributed by atoms with Crippen molar-refractivity contribution >= 4 is 11.8 Å². The van der Waals surface area contributed by atoms with Gasteiger partial charge >= 0.3 is 0 Å². The molecule has 0 aromatic carbocycles. The first-order valence-corrected chi connectivity index (χ1v) is 9.36. The van der Waals surface area contributed by atoms with E-state index in [4.69, 9.17) is 0 Å². The maximum absolute atomic E-state index is 13.6. The van der Waals surface area contributed by atoms with Gasteiger partial charge in [-0.2, -0.15) is 4.98 Å². The minimum absolute atomic E-state index is 0.128. The van der Waals surface area contributed by atoms with Gasteiger partial charge in [0.2, 0.25) is 5.95 Å². The van der Waals surface area contributed by atoms with E-state index in [-0.39, 0.29) is 18.7 Å². The summed E-state index contributed by atoms with van der Waals surface area (Å²) in [6.45, 7) is 1.90. The lowest BCUT2D eigenvalue weighted by Gasteiger charge is -2.27. The molecule has 0 unspecified atom stereocenters. The topological polar surface area (TPSA) is 83.0 Å². The van der Waals surface area contributed by atoms with Crippen LogP contribution in [0.25, 0.3) is 11.3 Å². The number of nitrogens with zero attached hydrogens (tertiary/aromatic N) is 3. The highest BCUT2D eigenvalue weighted by Gasteiger charge is 2.21. The molecule has 0 bridgehead atoms. The van der Waals surface area contributed by atoms with E-state index in [1.54, 1.807) is 13.1 Å². The molecule has 1 fully saturated rings. The summed E-state index contributed by atoms with van der Waals surface area (Å²) in [4.78, 5) is 12.9. The second-order valence-electron chi connectivity index (χ2n) is 6.85. The van der Waals surface area contributed by atoms with E-state index in [9.17, 15) is 13.9 Å². The molecule has 2 aromatic rings. The molecular formula is C19H25F2N5O. The number of hydrogen-bond acceptors (Lipinski definition) is 6. The van der Waals surface area contributed by atoms with Crippen LogP contribution >= 0.6 is 0 Å². The van der Waals surface area contributed by atoms with Crippen LogP contribution < -0.4 is 10.6 Å². The Morgan fingerprint density at radius 3 is 2.74 bits per heavy atom. The van der Waals surface area contributed by atoms with Crippen LogP contribution in [0.3, 0.4) is 0 Å². The minimum atomic E-state index is -0.977. The zero-order valence-corrected chi connectivity index (χ0v) is 15.3. The number of aliphatic hydroxyl groups excluding tert-OH is 1. The van der Waals surface area contributed by atoms with Crippen LogP contribution in [0.1, 0.15) is 39.0 Å².